The Kier molecular flexibility index (Phi) is 5.54. The fourth-order valence-corrected chi connectivity index (χ4v) is 1.52. The van der Waals surface area contributed by atoms with Crippen molar-refractivity contribution < 1.29 is 9.13 Å². The van der Waals surface area contributed by atoms with E-state index in [-0.39, 0.29) is 5.82 Å². The summed E-state index contributed by atoms with van der Waals surface area (Å²) < 4.78 is 18.6. The Morgan fingerprint density at radius 1 is 1.27 bits per heavy atom. The van der Waals surface area contributed by atoms with Crippen molar-refractivity contribution in [1.82, 2.24) is 0 Å². The van der Waals surface area contributed by atoms with Gasteiger partial charge < -0.3 is 4.74 Å². The van der Waals surface area contributed by atoms with Crippen LogP contribution in [0.2, 0.25) is 0 Å². The van der Waals surface area contributed by atoms with Gasteiger partial charge in [0, 0.05) is 0 Å². The molecule has 0 aliphatic rings. The smallest absolute Gasteiger partial charge is 0.165 e. The van der Waals surface area contributed by atoms with Gasteiger partial charge in [0.05, 0.1) is 6.61 Å². The highest BCUT2D eigenvalue weighted by Crippen LogP contribution is 2.18. The molecule has 1 aromatic rings. The maximum atomic E-state index is 13.2. The van der Waals surface area contributed by atoms with Crippen molar-refractivity contribution in [2.24, 2.45) is 0 Å². The maximum absolute atomic E-state index is 13.2. The Morgan fingerprint density at radius 3 is 2.80 bits per heavy atom. The van der Waals surface area contributed by atoms with E-state index in [2.05, 4.69) is 12.6 Å². The Balaban J connectivity index is 2.33. The lowest BCUT2D eigenvalue weighted by atomic mass is 10.2. The van der Waals surface area contributed by atoms with Crippen LogP contribution in [0.4, 0.5) is 4.39 Å². The number of rotatable bonds is 6. The molecular formula is C12H17FOS. The van der Waals surface area contributed by atoms with E-state index in [4.69, 9.17) is 4.74 Å². The zero-order chi connectivity index (χ0) is 11.1. The second-order valence-electron chi connectivity index (χ2n) is 3.57. The van der Waals surface area contributed by atoms with E-state index in [9.17, 15) is 4.39 Å². The van der Waals surface area contributed by atoms with E-state index in [1.54, 1.807) is 12.1 Å². The van der Waals surface area contributed by atoms with Gasteiger partial charge in [-0.3, -0.25) is 0 Å². The van der Waals surface area contributed by atoms with Crippen LogP contribution >= 0.6 is 12.6 Å². The van der Waals surface area contributed by atoms with E-state index in [1.807, 2.05) is 6.92 Å². The van der Waals surface area contributed by atoms with Crippen molar-refractivity contribution >= 4 is 12.6 Å². The van der Waals surface area contributed by atoms with Crippen molar-refractivity contribution in [2.45, 2.75) is 26.2 Å². The predicted octanol–water partition coefficient (Wildman–Crippen LogP) is 3.61. The molecule has 0 aliphatic carbocycles. The number of thiol groups is 1. The minimum Gasteiger partial charge on any atom is -0.491 e. The number of hydrogen-bond donors (Lipinski definition) is 1. The van der Waals surface area contributed by atoms with Crippen LogP contribution in [0, 0.1) is 12.7 Å². The molecule has 0 bridgehead atoms. The van der Waals surface area contributed by atoms with Gasteiger partial charge in [0.1, 0.15) is 0 Å². The fourth-order valence-electron chi connectivity index (χ4n) is 1.29. The molecular weight excluding hydrogens is 211 g/mol. The monoisotopic (exact) mass is 228 g/mol. The van der Waals surface area contributed by atoms with Crippen LogP contribution in [0.25, 0.3) is 0 Å². The van der Waals surface area contributed by atoms with Crippen molar-refractivity contribution in [1.29, 1.82) is 0 Å². The van der Waals surface area contributed by atoms with Crippen molar-refractivity contribution in [2.75, 3.05) is 12.4 Å². The quantitative estimate of drug-likeness (QED) is 0.578. The van der Waals surface area contributed by atoms with Crippen molar-refractivity contribution in [3.05, 3.63) is 29.6 Å². The van der Waals surface area contributed by atoms with E-state index in [1.165, 1.54) is 6.07 Å². The van der Waals surface area contributed by atoms with Gasteiger partial charge in [0.15, 0.2) is 11.6 Å². The van der Waals surface area contributed by atoms with Gasteiger partial charge in [-0.1, -0.05) is 6.07 Å². The van der Waals surface area contributed by atoms with Gasteiger partial charge in [-0.15, -0.1) is 0 Å². The van der Waals surface area contributed by atoms with Crippen LogP contribution in [-0.4, -0.2) is 12.4 Å². The number of halogens is 1. The molecule has 0 aliphatic heterocycles. The Hall–Kier alpha value is -0.700. The second kappa shape index (κ2) is 6.72. The average Bonchev–Trinajstić information content (AvgIpc) is 2.23. The highest BCUT2D eigenvalue weighted by Gasteiger charge is 2.02. The van der Waals surface area contributed by atoms with Crippen molar-refractivity contribution in [3.8, 4) is 5.75 Å². The first-order valence-electron chi connectivity index (χ1n) is 5.24. The van der Waals surface area contributed by atoms with Crippen LogP contribution in [0.1, 0.15) is 24.8 Å². The third-order valence-corrected chi connectivity index (χ3v) is 2.46. The zero-order valence-electron chi connectivity index (χ0n) is 9.00. The summed E-state index contributed by atoms with van der Waals surface area (Å²) in [5.41, 5.74) is 1.02. The molecule has 0 unspecified atom stereocenters. The van der Waals surface area contributed by atoms with Gasteiger partial charge in [0.25, 0.3) is 0 Å². The van der Waals surface area contributed by atoms with Crippen molar-refractivity contribution in [3.63, 3.8) is 0 Å². The molecule has 0 saturated heterocycles. The SMILES string of the molecule is Cc1ccc(F)c(OCCCCCS)c1. The van der Waals surface area contributed by atoms with E-state index >= 15 is 0 Å². The molecule has 0 spiro atoms. The zero-order valence-corrected chi connectivity index (χ0v) is 9.90. The highest BCUT2D eigenvalue weighted by atomic mass is 32.1. The Labute approximate surface area is 96.1 Å². The van der Waals surface area contributed by atoms with Gasteiger partial charge in [0.2, 0.25) is 0 Å². The summed E-state index contributed by atoms with van der Waals surface area (Å²) in [4.78, 5) is 0. The molecule has 0 fully saturated rings. The summed E-state index contributed by atoms with van der Waals surface area (Å²) in [5.74, 6) is 0.981. The summed E-state index contributed by atoms with van der Waals surface area (Å²) in [6, 6.07) is 4.91. The molecule has 84 valence electrons. The summed E-state index contributed by atoms with van der Waals surface area (Å²) in [6.45, 7) is 2.50. The predicted molar refractivity (Wildman–Crippen MR) is 64.3 cm³/mol. The standard InChI is InChI=1S/C12H17FOS/c1-10-5-6-11(13)12(9-10)14-7-3-2-4-8-15/h5-6,9,15H,2-4,7-8H2,1H3. The molecule has 0 heterocycles. The molecule has 0 amide bonds. The molecule has 1 nitrogen and oxygen atoms in total. The number of aryl methyl sites for hydroxylation is 1. The Morgan fingerprint density at radius 2 is 2.07 bits per heavy atom. The first-order chi connectivity index (χ1) is 7.24. The molecule has 15 heavy (non-hydrogen) atoms. The lowest BCUT2D eigenvalue weighted by Gasteiger charge is -2.07. The molecule has 0 atom stereocenters. The van der Waals surface area contributed by atoms with Crippen LogP contribution in [-0.2, 0) is 0 Å². The van der Waals surface area contributed by atoms with Gasteiger partial charge in [-0.2, -0.15) is 12.6 Å². The average molecular weight is 228 g/mol. The van der Waals surface area contributed by atoms with E-state index < -0.39 is 0 Å². The third kappa shape index (κ3) is 4.56. The molecule has 0 saturated carbocycles. The normalized spacial score (nSPS) is 10.3. The van der Waals surface area contributed by atoms with Crippen LogP contribution in [0.15, 0.2) is 18.2 Å². The minimum absolute atomic E-state index is 0.283. The third-order valence-electron chi connectivity index (χ3n) is 2.15. The minimum atomic E-state index is -0.283. The van der Waals surface area contributed by atoms with Gasteiger partial charge in [-0.05, 0) is 49.6 Å². The van der Waals surface area contributed by atoms with Crippen LogP contribution in [0.5, 0.6) is 5.75 Å². The molecule has 3 heteroatoms. The molecule has 0 radical (unpaired) electrons. The van der Waals surface area contributed by atoms with Gasteiger partial charge >= 0.3 is 0 Å². The molecule has 1 rings (SSSR count). The number of hydrogen-bond acceptors (Lipinski definition) is 2. The lowest BCUT2D eigenvalue weighted by Crippen LogP contribution is -1.99. The summed E-state index contributed by atoms with van der Waals surface area (Å²) in [5, 5.41) is 0. The summed E-state index contributed by atoms with van der Waals surface area (Å²) in [7, 11) is 0. The van der Waals surface area contributed by atoms with E-state index in [0.29, 0.717) is 12.4 Å². The number of benzene rings is 1. The topological polar surface area (TPSA) is 9.23 Å². The number of unbranched alkanes of at least 4 members (excludes halogenated alkanes) is 2. The fraction of sp³-hybridized carbons (Fsp3) is 0.500. The largest absolute Gasteiger partial charge is 0.491 e. The molecule has 1 aromatic carbocycles. The van der Waals surface area contributed by atoms with Crippen LogP contribution in [0.3, 0.4) is 0 Å². The first kappa shape index (κ1) is 12.4. The molecule has 0 N–H and O–H groups in total. The highest BCUT2D eigenvalue weighted by molar-refractivity contribution is 7.80. The first-order valence-corrected chi connectivity index (χ1v) is 5.87. The lowest BCUT2D eigenvalue weighted by molar-refractivity contribution is 0.291. The second-order valence-corrected chi connectivity index (χ2v) is 4.01. The maximum Gasteiger partial charge on any atom is 0.165 e. The summed E-state index contributed by atoms with van der Waals surface area (Å²) in [6.07, 6.45) is 3.12. The van der Waals surface area contributed by atoms with Crippen LogP contribution < -0.4 is 4.74 Å². The molecule has 0 aromatic heterocycles. The van der Waals surface area contributed by atoms with E-state index in [0.717, 1.165) is 30.6 Å². The summed E-state index contributed by atoms with van der Waals surface area (Å²) >= 11 is 4.12. The number of ether oxygens (including phenoxy) is 1. The Bertz CT molecular complexity index is 302. The van der Waals surface area contributed by atoms with Gasteiger partial charge in [-0.25, -0.2) is 4.39 Å².